The zero-order valence-electron chi connectivity index (χ0n) is 11.5. The average molecular weight is 326 g/mol. The van der Waals surface area contributed by atoms with Gasteiger partial charge in [0.15, 0.2) is 5.82 Å². The number of rotatable bonds is 5. The third-order valence-electron chi connectivity index (χ3n) is 2.75. The molecule has 0 aliphatic heterocycles. The third-order valence-corrected chi connectivity index (χ3v) is 4.53. The predicted octanol–water partition coefficient (Wildman–Crippen LogP) is 0.799. The van der Waals surface area contributed by atoms with Crippen LogP contribution in [0.15, 0.2) is 27.6 Å². The minimum Gasteiger partial charge on any atom is -0.389 e. The van der Waals surface area contributed by atoms with Gasteiger partial charge in [0.2, 0.25) is 15.9 Å². The van der Waals surface area contributed by atoms with E-state index in [1.165, 1.54) is 6.07 Å². The normalized spacial score (nSPS) is 11.5. The van der Waals surface area contributed by atoms with Crippen LogP contribution >= 0.6 is 12.2 Å². The largest absolute Gasteiger partial charge is 0.389 e. The minimum absolute atomic E-state index is 0.0591. The molecule has 0 atom stereocenters. The van der Waals surface area contributed by atoms with Crippen molar-refractivity contribution in [1.29, 1.82) is 0 Å². The van der Waals surface area contributed by atoms with Crippen LogP contribution in [0.5, 0.6) is 0 Å². The Kier molecular flexibility index (Phi) is 4.35. The Hall–Kier alpha value is -1.84. The standard InChI is InChI=1S/C12H14N4O3S2/c1-7-3-4-9(12(13)20)5-10(7)21(17,18)14-6-11-15-8(2)19-16-11/h3-5,14H,6H2,1-2H3,(H2,13,20). The van der Waals surface area contributed by atoms with Gasteiger partial charge in [0, 0.05) is 12.5 Å². The van der Waals surface area contributed by atoms with Gasteiger partial charge in [-0.25, -0.2) is 13.1 Å². The van der Waals surface area contributed by atoms with Crippen LogP contribution in [-0.2, 0) is 16.6 Å². The summed E-state index contributed by atoms with van der Waals surface area (Å²) in [6.45, 7) is 3.26. The van der Waals surface area contributed by atoms with Crippen LogP contribution in [0.2, 0.25) is 0 Å². The van der Waals surface area contributed by atoms with Crippen LogP contribution < -0.4 is 10.5 Å². The number of thiocarbonyl (C=S) groups is 1. The van der Waals surface area contributed by atoms with E-state index in [0.717, 1.165) is 0 Å². The van der Waals surface area contributed by atoms with Crippen molar-refractivity contribution in [2.45, 2.75) is 25.3 Å². The monoisotopic (exact) mass is 326 g/mol. The van der Waals surface area contributed by atoms with Gasteiger partial charge in [-0.3, -0.25) is 0 Å². The first kappa shape index (κ1) is 15.5. The topological polar surface area (TPSA) is 111 Å². The summed E-state index contributed by atoms with van der Waals surface area (Å²) < 4.78 is 31.8. The van der Waals surface area contributed by atoms with Crippen LogP contribution in [-0.4, -0.2) is 23.5 Å². The van der Waals surface area contributed by atoms with Crippen molar-refractivity contribution >= 4 is 27.2 Å². The summed E-state index contributed by atoms with van der Waals surface area (Å²) in [5.41, 5.74) is 6.61. The Morgan fingerprint density at radius 1 is 1.43 bits per heavy atom. The number of aryl methyl sites for hydroxylation is 2. The molecule has 0 aliphatic carbocycles. The van der Waals surface area contributed by atoms with E-state index in [9.17, 15) is 8.42 Å². The maximum atomic E-state index is 12.3. The molecule has 0 fully saturated rings. The first-order valence-electron chi connectivity index (χ1n) is 5.99. The summed E-state index contributed by atoms with van der Waals surface area (Å²) in [6.07, 6.45) is 0. The molecule has 2 aromatic rings. The second kappa shape index (κ2) is 5.88. The molecule has 1 heterocycles. The van der Waals surface area contributed by atoms with E-state index < -0.39 is 10.0 Å². The fraction of sp³-hybridized carbons (Fsp3) is 0.250. The smallest absolute Gasteiger partial charge is 0.241 e. The summed E-state index contributed by atoms with van der Waals surface area (Å²) in [7, 11) is -3.72. The van der Waals surface area contributed by atoms with E-state index in [4.69, 9.17) is 22.5 Å². The molecule has 0 saturated carbocycles. The lowest BCUT2D eigenvalue weighted by Gasteiger charge is -2.09. The van der Waals surface area contributed by atoms with Crippen LogP contribution in [0.4, 0.5) is 0 Å². The number of sulfonamides is 1. The van der Waals surface area contributed by atoms with Gasteiger partial charge in [-0.15, -0.1) is 0 Å². The number of hydrogen-bond acceptors (Lipinski definition) is 6. The Morgan fingerprint density at radius 3 is 2.71 bits per heavy atom. The van der Waals surface area contributed by atoms with Gasteiger partial charge in [-0.05, 0) is 18.6 Å². The molecule has 9 heteroatoms. The number of nitrogens with zero attached hydrogens (tertiary/aromatic N) is 2. The van der Waals surface area contributed by atoms with Crippen molar-refractivity contribution in [3.63, 3.8) is 0 Å². The van der Waals surface area contributed by atoms with Gasteiger partial charge in [-0.2, -0.15) is 4.98 Å². The maximum absolute atomic E-state index is 12.3. The fourth-order valence-corrected chi connectivity index (χ4v) is 3.07. The highest BCUT2D eigenvalue weighted by atomic mass is 32.2. The predicted molar refractivity (Wildman–Crippen MR) is 80.1 cm³/mol. The molecule has 0 spiro atoms. The first-order chi connectivity index (χ1) is 9.79. The van der Waals surface area contributed by atoms with Crippen molar-refractivity contribution in [2.75, 3.05) is 0 Å². The van der Waals surface area contributed by atoms with Crippen molar-refractivity contribution in [3.05, 3.63) is 41.0 Å². The summed E-state index contributed by atoms with van der Waals surface area (Å²) in [6, 6.07) is 4.78. The Balaban J connectivity index is 2.26. The second-order valence-electron chi connectivity index (χ2n) is 4.40. The van der Waals surface area contributed by atoms with Crippen LogP contribution in [0.1, 0.15) is 22.8 Å². The summed E-state index contributed by atoms with van der Waals surface area (Å²) in [5.74, 6) is 0.634. The van der Waals surface area contributed by atoms with Gasteiger partial charge < -0.3 is 10.3 Å². The highest BCUT2D eigenvalue weighted by molar-refractivity contribution is 7.89. The Bertz CT molecular complexity index is 784. The highest BCUT2D eigenvalue weighted by Gasteiger charge is 2.18. The number of nitrogens with one attached hydrogen (secondary N) is 1. The molecule has 0 unspecified atom stereocenters. The molecule has 2 rings (SSSR count). The van der Waals surface area contributed by atoms with E-state index in [1.54, 1.807) is 26.0 Å². The van der Waals surface area contributed by atoms with E-state index in [1.807, 2.05) is 0 Å². The molecule has 7 nitrogen and oxygen atoms in total. The lowest BCUT2D eigenvalue weighted by atomic mass is 10.1. The van der Waals surface area contributed by atoms with Crippen molar-refractivity contribution in [2.24, 2.45) is 5.73 Å². The maximum Gasteiger partial charge on any atom is 0.241 e. The third kappa shape index (κ3) is 3.63. The molecule has 3 N–H and O–H groups in total. The summed E-state index contributed by atoms with van der Waals surface area (Å²) >= 11 is 4.86. The second-order valence-corrected chi connectivity index (χ2v) is 6.57. The van der Waals surface area contributed by atoms with Gasteiger partial charge in [0.1, 0.15) is 4.99 Å². The lowest BCUT2D eigenvalue weighted by molar-refractivity contribution is 0.387. The van der Waals surface area contributed by atoms with Gasteiger partial charge in [0.05, 0.1) is 11.4 Å². The van der Waals surface area contributed by atoms with E-state index >= 15 is 0 Å². The summed E-state index contributed by atoms with van der Waals surface area (Å²) in [5, 5.41) is 3.63. The molecule has 1 aromatic carbocycles. The van der Waals surface area contributed by atoms with Crippen LogP contribution in [0.25, 0.3) is 0 Å². The SMILES string of the molecule is Cc1nc(CNS(=O)(=O)c2cc(C(N)=S)ccc2C)no1. The number of nitrogens with two attached hydrogens (primary N) is 1. The minimum atomic E-state index is -3.72. The van der Waals surface area contributed by atoms with E-state index in [0.29, 0.717) is 17.0 Å². The molecule has 0 amide bonds. The van der Waals surface area contributed by atoms with Crippen molar-refractivity contribution in [1.82, 2.24) is 14.9 Å². The number of hydrogen-bond donors (Lipinski definition) is 2. The molecule has 0 bridgehead atoms. The van der Waals surface area contributed by atoms with E-state index in [2.05, 4.69) is 14.9 Å². The zero-order chi connectivity index (χ0) is 15.6. The van der Waals surface area contributed by atoms with Crippen LogP contribution in [0, 0.1) is 13.8 Å². The molecule has 0 radical (unpaired) electrons. The van der Waals surface area contributed by atoms with E-state index in [-0.39, 0.29) is 22.3 Å². The first-order valence-corrected chi connectivity index (χ1v) is 7.88. The Labute approximate surface area is 127 Å². The highest BCUT2D eigenvalue weighted by Crippen LogP contribution is 2.17. The molecule has 1 aromatic heterocycles. The van der Waals surface area contributed by atoms with Crippen molar-refractivity contribution in [3.8, 4) is 0 Å². The van der Waals surface area contributed by atoms with Gasteiger partial charge in [-0.1, -0.05) is 29.5 Å². The quantitative estimate of drug-likeness (QED) is 0.782. The molecular formula is C12H14N4O3S2. The summed E-state index contributed by atoms with van der Waals surface area (Å²) in [4.78, 5) is 4.19. The molecule has 21 heavy (non-hydrogen) atoms. The van der Waals surface area contributed by atoms with Crippen molar-refractivity contribution < 1.29 is 12.9 Å². The molecular weight excluding hydrogens is 312 g/mol. The zero-order valence-corrected chi connectivity index (χ0v) is 13.1. The van der Waals surface area contributed by atoms with Gasteiger partial charge >= 0.3 is 0 Å². The number of aromatic nitrogens is 2. The average Bonchev–Trinajstić information content (AvgIpc) is 2.82. The molecule has 112 valence electrons. The molecule has 0 aliphatic rings. The molecule has 0 saturated heterocycles. The number of benzene rings is 1. The Morgan fingerprint density at radius 2 is 2.14 bits per heavy atom. The fourth-order valence-electron chi connectivity index (χ4n) is 1.69. The van der Waals surface area contributed by atoms with Crippen LogP contribution in [0.3, 0.4) is 0 Å². The lowest BCUT2D eigenvalue weighted by Crippen LogP contribution is -2.25. The van der Waals surface area contributed by atoms with Gasteiger partial charge in [0.25, 0.3) is 0 Å².